The topological polar surface area (TPSA) is 91.0 Å². The van der Waals surface area contributed by atoms with Gasteiger partial charge in [-0.3, -0.25) is 15.0 Å². The molecular formula is C12H17N5O3. The van der Waals surface area contributed by atoms with Crippen LogP contribution in [0.5, 0.6) is 0 Å². The SMILES string of the molecule is COCC(=O)Nn1cnc2c(cnn2C(C)(C)C)c1=O. The summed E-state index contributed by atoms with van der Waals surface area (Å²) >= 11 is 0. The van der Waals surface area contributed by atoms with Gasteiger partial charge in [-0.25, -0.2) is 14.3 Å². The maximum Gasteiger partial charge on any atom is 0.283 e. The maximum atomic E-state index is 12.2. The fraction of sp³-hybridized carbons (Fsp3) is 0.500. The predicted molar refractivity (Wildman–Crippen MR) is 73.0 cm³/mol. The molecule has 0 spiro atoms. The molecule has 2 rings (SSSR count). The molecule has 1 amide bonds. The summed E-state index contributed by atoms with van der Waals surface area (Å²) in [4.78, 5) is 27.8. The molecule has 0 saturated heterocycles. The van der Waals surface area contributed by atoms with Gasteiger partial charge in [-0.1, -0.05) is 0 Å². The van der Waals surface area contributed by atoms with Crippen LogP contribution in [0.1, 0.15) is 20.8 Å². The molecule has 0 bridgehead atoms. The summed E-state index contributed by atoms with van der Waals surface area (Å²) in [6.07, 6.45) is 2.72. The number of fused-ring (bicyclic) bond motifs is 1. The summed E-state index contributed by atoms with van der Waals surface area (Å²) in [6, 6.07) is 0. The first-order valence-corrected chi connectivity index (χ1v) is 6.09. The maximum absolute atomic E-state index is 12.2. The van der Waals surface area contributed by atoms with Crippen molar-refractivity contribution in [3.05, 3.63) is 22.9 Å². The number of rotatable bonds is 3. The quantitative estimate of drug-likeness (QED) is 0.858. The molecule has 0 fully saturated rings. The number of hydrogen-bond acceptors (Lipinski definition) is 5. The van der Waals surface area contributed by atoms with Crippen LogP contribution in [0.25, 0.3) is 11.0 Å². The van der Waals surface area contributed by atoms with Crippen LogP contribution in [0, 0.1) is 0 Å². The summed E-state index contributed by atoms with van der Waals surface area (Å²) < 4.78 is 7.39. The predicted octanol–water partition coefficient (Wildman–Crippen LogP) is 0.0645. The number of nitrogens with zero attached hydrogens (tertiary/aromatic N) is 4. The lowest BCUT2D eigenvalue weighted by atomic mass is 10.1. The van der Waals surface area contributed by atoms with Crippen LogP contribution in [0.15, 0.2) is 17.3 Å². The van der Waals surface area contributed by atoms with Crippen LogP contribution >= 0.6 is 0 Å². The minimum atomic E-state index is -0.432. The standard InChI is InChI=1S/C12H17N5O3/c1-12(2,3)17-10-8(5-14-17)11(19)16(7-13-10)15-9(18)6-20-4/h5,7H,6H2,1-4H3,(H,15,18). The summed E-state index contributed by atoms with van der Waals surface area (Å²) in [5.74, 6) is -0.432. The second-order valence-corrected chi connectivity index (χ2v) is 5.35. The number of carbonyl (C=O) groups excluding carboxylic acids is 1. The third-order valence-electron chi connectivity index (χ3n) is 2.64. The Kier molecular flexibility index (Phi) is 3.58. The smallest absolute Gasteiger partial charge is 0.283 e. The minimum Gasteiger partial charge on any atom is -0.375 e. The number of hydrogen-bond donors (Lipinski definition) is 1. The van der Waals surface area contributed by atoms with E-state index >= 15 is 0 Å². The first kappa shape index (κ1) is 14.2. The fourth-order valence-electron chi connectivity index (χ4n) is 1.78. The van der Waals surface area contributed by atoms with E-state index in [0.29, 0.717) is 11.0 Å². The molecule has 0 aliphatic rings. The average Bonchev–Trinajstić information content (AvgIpc) is 2.77. The highest BCUT2D eigenvalue weighted by molar-refractivity contribution is 5.85. The van der Waals surface area contributed by atoms with Crippen LogP contribution in [0.2, 0.25) is 0 Å². The van der Waals surface area contributed by atoms with E-state index in [2.05, 4.69) is 20.2 Å². The number of ether oxygens (including phenoxy) is 1. The number of nitrogens with one attached hydrogen (secondary N) is 1. The zero-order chi connectivity index (χ0) is 14.9. The summed E-state index contributed by atoms with van der Waals surface area (Å²) in [6.45, 7) is 5.76. The molecule has 0 unspecified atom stereocenters. The third-order valence-corrected chi connectivity index (χ3v) is 2.64. The van der Waals surface area contributed by atoms with Crippen molar-refractivity contribution in [3.63, 3.8) is 0 Å². The van der Waals surface area contributed by atoms with E-state index in [0.717, 1.165) is 4.68 Å². The Morgan fingerprint density at radius 1 is 1.45 bits per heavy atom. The van der Waals surface area contributed by atoms with E-state index in [4.69, 9.17) is 0 Å². The van der Waals surface area contributed by atoms with Gasteiger partial charge in [0, 0.05) is 7.11 Å². The molecule has 2 aromatic heterocycles. The average molecular weight is 279 g/mol. The number of amides is 1. The Balaban J connectivity index is 2.46. The van der Waals surface area contributed by atoms with E-state index in [-0.39, 0.29) is 17.7 Å². The van der Waals surface area contributed by atoms with Crippen molar-refractivity contribution in [2.45, 2.75) is 26.3 Å². The van der Waals surface area contributed by atoms with Gasteiger partial charge < -0.3 is 4.74 Å². The van der Waals surface area contributed by atoms with Gasteiger partial charge in [0.2, 0.25) is 0 Å². The van der Waals surface area contributed by atoms with Crippen LogP contribution in [-0.4, -0.2) is 39.1 Å². The van der Waals surface area contributed by atoms with E-state index in [1.54, 1.807) is 4.68 Å². The molecular weight excluding hydrogens is 262 g/mol. The molecule has 8 heteroatoms. The van der Waals surface area contributed by atoms with Gasteiger partial charge in [0.05, 0.1) is 11.7 Å². The van der Waals surface area contributed by atoms with E-state index in [1.807, 2.05) is 20.8 Å². The lowest BCUT2D eigenvalue weighted by Gasteiger charge is -2.19. The molecule has 108 valence electrons. The van der Waals surface area contributed by atoms with Crippen molar-refractivity contribution in [2.75, 3.05) is 19.1 Å². The highest BCUT2D eigenvalue weighted by atomic mass is 16.5. The number of aromatic nitrogens is 4. The Hall–Kier alpha value is -2.22. The molecule has 2 heterocycles. The van der Waals surface area contributed by atoms with Gasteiger partial charge in [-0.15, -0.1) is 0 Å². The zero-order valence-electron chi connectivity index (χ0n) is 11.9. The molecule has 0 saturated carbocycles. The van der Waals surface area contributed by atoms with Crippen LogP contribution in [0.4, 0.5) is 0 Å². The molecule has 0 aliphatic carbocycles. The normalized spacial score (nSPS) is 11.8. The molecule has 2 aromatic rings. The molecule has 0 radical (unpaired) electrons. The minimum absolute atomic E-state index is 0.133. The lowest BCUT2D eigenvalue weighted by Crippen LogP contribution is -2.35. The van der Waals surface area contributed by atoms with Crippen molar-refractivity contribution >= 4 is 16.9 Å². The second-order valence-electron chi connectivity index (χ2n) is 5.35. The molecule has 0 aromatic carbocycles. The Morgan fingerprint density at radius 3 is 2.75 bits per heavy atom. The zero-order valence-corrected chi connectivity index (χ0v) is 11.9. The first-order valence-electron chi connectivity index (χ1n) is 6.09. The monoisotopic (exact) mass is 279 g/mol. The highest BCUT2D eigenvalue weighted by Crippen LogP contribution is 2.17. The van der Waals surface area contributed by atoms with E-state index in [1.165, 1.54) is 19.6 Å². The molecule has 8 nitrogen and oxygen atoms in total. The van der Waals surface area contributed by atoms with Crippen molar-refractivity contribution in [1.29, 1.82) is 0 Å². The lowest BCUT2D eigenvalue weighted by molar-refractivity contribution is -0.120. The van der Waals surface area contributed by atoms with Crippen molar-refractivity contribution in [1.82, 2.24) is 19.4 Å². The third kappa shape index (κ3) is 2.55. The second kappa shape index (κ2) is 5.04. The Bertz CT molecular complexity index is 695. The summed E-state index contributed by atoms with van der Waals surface area (Å²) in [5.41, 5.74) is 2.21. The van der Waals surface area contributed by atoms with Gasteiger partial charge >= 0.3 is 0 Å². The summed E-state index contributed by atoms with van der Waals surface area (Å²) in [5, 5.41) is 4.53. The van der Waals surface area contributed by atoms with E-state index in [9.17, 15) is 9.59 Å². The molecule has 0 atom stereocenters. The van der Waals surface area contributed by atoms with Crippen LogP contribution in [-0.2, 0) is 15.1 Å². The van der Waals surface area contributed by atoms with Gasteiger partial charge in [0.1, 0.15) is 18.3 Å². The molecule has 1 N–H and O–H groups in total. The van der Waals surface area contributed by atoms with Crippen molar-refractivity contribution < 1.29 is 9.53 Å². The van der Waals surface area contributed by atoms with Gasteiger partial charge in [0.15, 0.2) is 5.65 Å². The van der Waals surface area contributed by atoms with Crippen molar-refractivity contribution in [3.8, 4) is 0 Å². The Morgan fingerprint density at radius 2 is 2.15 bits per heavy atom. The first-order chi connectivity index (χ1) is 9.34. The number of methoxy groups -OCH3 is 1. The van der Waals surface area contributed by atoms with Gasteiger partial charge in [-0.2, -0.15) is 5.10 Å². The Labute approximate surface area is 115 Å². The van der Waals surface area contributed by atoms with Gasteiger partial charge in [0.25, 0.3) is 11.5 Å². The summed E-state index contributed by atoms with van der Waals surface area (Å²) in [7, 11) is 1.40. The van der Waals surface area contributed by atoms with Crippen LogP contribution < -0.4 is 11.0 Å². The fourth-order valence-corrected chi connectivity index (χ4v) is 1.78. The van der Waals surface area contributed by atoms with Crippen molar-refractivity contribution in [2.24, 2.45) is 0 Å². The molecule has 20 heavy (non-hydrogen) atoms. The largest absolute Gasteiger partial charge is 0.375 e. The molecule has 0 aliphatic heterocycles. The number of carbonyl (C=O) groups is 1. The van der Waals surface area contributed by atoms with Crippen LogP contribution in [0.3, 0.4) is 0 Å². The van der Waals surface area contributed by atoms with Gasteiger partial charge in [-0.05, 0) is 20.8 Å². The highest BCUT2D eigenvalue weighted by Gasteiger charge is 2.19. The van der Waals surface area contributed by atoms with E-state index < -0.39 is 5.91 Å².